The molecule has 0 spiro atoms. The lowest BCUT2D eigenvalue weighted by molar-refractivity contribution is -0.139. The first kappa shape index (κ1) is 16.6. The van der Waals surface area contributed by atoms with E-state index < -0.39 is 0 Å². The number of anilines is 1. The quantitative estimate of drug-likeness (QED) is 0.626. The first-order valence-electron chi connectivity index (χ1n) is 8.50. The molecule has 0 atom stereocenters. The predicted molar refractivity (Wildman–Crippen MR) is 93.9 cm³/mol. The Kier molecular flexibility index (Phi) is 5.09. The first-order chi connectivity index (χ1) is 11.1. The molecular formula is C17H26N4OS. The van der Waals surface area contributed by atoms with Gasteiger partial charge in [0.15, 0.2) is 5.16 Å². The maximum absolute atomic E-state index is 12.4. The average molecular weight is 334 g/mol. The fourth-order valence-electron chi connectivity index (χ4n) is 3.38. The molecule has 2 aliphatic rings. The van der Waals surface area contributed by atoms with Crippen LogP contribution in [0.3, 0.4) is 0 Å². The molecule has 0 unspecified atom stereocenters. The van der Waals surface area contributed by atoms with Crippen LogP contribution in [0, 0.1) is 12.8 Å². The third-order valence-corrected chi connectivity index (χ3v) is 5.69. The minimum atomic E-state index is 0.298. The lowest BCUT2D eigenvalue weighted by Crippen LogP contribution is -2.48. The zero-order chi connectivity index (χ0) is 16.4. The molecule has 1 amide bonds. The Labute approximate surface area is 142 Å². The Morgan fingerprint density at radius 2 is 1.96 bits per heavy atom. The van der Waals surface area contributed by atoms with Crippen LogP contribution in [-0.4, -0.2) is 53.2 Å². The number of piperidine rings is 1. The second kappa shape index (κ2) is 7.07. The summed E-state index contributed by atoms with van der Waals surface area (Å²) in [5.41, 5.74) is 1.01. The molecule has 1 saturated heterocycles. The van der Waals surface area contributed by atoms with Crippen LogP contribution in [0.1, 0.15) is 37.8 Å². The van der Waals surface area contributed by atoms with Gasteiger partial charge in [0.05, 0.1) is 0 Å². The lowest BCUT2D eigenvalue weighted by Gasteiger charge is -2.39. The highest BCUT2D eigenvalue weighted by molar-refractivity contribution is 7.98. The molecule has 1 saturated carbocycles. The molecule has 6 heteroatoms. The maximum atomic E-state index is 12.4. The van der Waals surface area contributed by atoms with E-state index in [2.05, 4.69) is 20.9 Å². The van der Waals surface area contributed by atoms with Gasteiger partial charge in [0.2, 0.25) is 5.91 Å². The van der Waals surface area contributed by atoms with Crippen molar-refractivity contribution in [3.05, 3.63) is 11.8 Å². The highest BCUT2D eigenvalue weighted by Gasteiger charge is 2.32. The number of aryl methyl sites for hydroxylation is 1. The molecule has 0 N–H and O–H groups in total. The minimum Gasteiger partial charge on any atom is -0.356 e. The molecule has 1 aliphatic heterocycles. The Morgan fingerprint density at radius 3 is 2.52 bits per heavy atom. The number of nitrogens with zero attached hydrogens (tertiary/aromatic N) is 4. The molecule has 2 fully saturated rings. The van der Waals surface area contributed by atoms with Gasteiger partial charge in [0.1, 0.15) is 5.82 Å². The normalized spacial score (nSPS) is 19.5. The summed E-state index contributed by atoms with van der Waals surface area (Å²) in [5, 5.41) is 0.833. The monoisotopic (exact) mass is 334 g/mol. The van der Waals surface area contributed by atoms with Crippen molar-refractivity contribution in [3.63, 3.8) is 0 Å². The van der Waals surface area contributed by atoms with Gasteiger partial charge in [-0.2, -0.15) is 0 Å². The molecule has 23 heavy (non-hydrogen) atoms. The summed E-state index contributed by atoms with van der Waals surface area (Å²) >= 11 is 1.58. The van der Waals surface area contributed by atoms with E-state index in [0.29, 0.717) is 17.9 Å². The van der Waals surface area contributed by atoms with Gasteiger partial charge in [0, 0.05) is 43.9 Å². The van der Waals surface area contributed by atoms with Gasteiger partial charge >= 0.3 is 0 Å². The van der Waals surface area contributed by atoms with E-state index in [4.69, 9.17) is 0 Å². The third kappa shape index (κ3) is 3.62. The van der Waals surface area contributed by atoms with Gasteiger partial charge < -0.3 is 9.80 Å². The third-order valence-electron chi connectivity index (χ3n) is 5.14. The molecule has 0 bridgehead atoms. The molecule has 0 aromatic carbocycles. The summed E-state index contributed by atoms with van der Waals surface area (Å²) in [5.74, 6) is 1.68. The molecular weight excluding hydrogens is 308 g/mol. The summed E-state index contributed by atoms with van der Waals surface area (Å²) in [7, 11) is 1.99. The Morgan fingerprint density at radius 1 is 1.26 bits per heavy atom. The van der Waals surface area contributed by atoms with Crippen molar-refractivity contribution in [2.24, 2.45) is 5.92 Å². The number of aromatic nitrogens is 2. The number of rotatable bonds is 4. The second-order valence-electron chi connectivity index (χ2n) is 6.65. The number of carbonyl (C=O) groups excluding carboxylic acids is 1. The van der Waals surface area contributed by atoms with E-state index in [1.54, 1.807) is 11.8 Å². The molecule has 5 nitrogen and oxygen atoms in total. The van der Waals surface area contributed by atoms with Gasteiger partial charge in [-0.25, -0.2) is 9.97 Å². The van der Waals surface area contributed by atoms with Crippen LogP contribution >= 0.6 is 11.8 Å². The van der Waals surface area contributed by atoms with Crippen LogP contribution < -0.4 is 4.90 Å². The zero-order valence-electron chi connectivity index (χ0n) is 14.3. The molecule has 1 aromatic heterocycles. The van der Waals surface area contributed by atoms with E-state index in [9.17, 15) is 4.79 Å². The van der Waals surface area contributed by atoms with Gasteiger partial charge in [0.25, 0.3) is 0 Å². The van der Waals surface area contributed by atoms with Crippen molar-refractivity contribution in [3.8, 4) is 0 Å². The highest BCUT2D eigenvalue weighted by Crippen LogP contribution is 2.30. The van der Waals surface area contributed by atoms with Crippen molar-refractivity contribution in [1.29, 1.82) is 0 Å². The number of thioether (sulfide) groups is 1. The van der Waals surface area contributed by atoms with Crippen LogP contribution in [0.5, 0.6) is 0 Å². The standard InChI is InChI=1S/C17H26N4OS/c1-12-11-15(19-17(18-12)23-3)21-9-7-14(8-10-21)20(2)16(22)13-5-4-6-13/h11,13-14H,4-10H2,1-3H3. The Bertz CT molecular complexity index is 568. The fraction of sp³-hybridized carbons (Fsp3) is 0.706. The smallest absolute Gasteiger partial charge is 0.225 e. The van der Waals surface area contributed by atoms with E-state index in [1.165, 1.54) is 6.42 Å². The van der Waals surface area contributed by atoms with Crippen LogP contribution in [0.15, 0.2) is 11.2 Å². The van der Waals surface area contributed by atoms with Crippen molar-refractivity contribution >= 4 is 23.5 Å². The number of amides is 1. The lowest BCUT2D eigenvalue weighted by atomic mass is 9.84. The van der Waals surface area contributed by atoms with Crippen LogP contribution in [-0.2, 0) is 4.79 Å². The van der Waals surface area contributed by atoms with Gasteiger partial charge in [-0.15, -0.1) is 0 Å². The Balaban J connectivity index is 1.59. The summed E-state index contributed by atoms with van der Waals surface area (Å²) in [6.07, 6.45) is 7.43. The summed E-state index contributed by atoms with van der Waals surface area (Å²) in [6, 6.07) is 2.44. The minimum absolute atomic E-state index is 0.298. The van der Waals surface area contributed by atoms with E-state index in [0.717, 1.165) is 55.4 Å². The molecule has 126 valence electrons. The zero-order valence-corrected chi connectivity index (χ0v) is 15.1. The maximum Gasteiger partial charge on any atom is 0.225 e. The molecule has 2 heterocycles. The second-order valence-corrected chi connectivity index (χ2v) is 7.42. The summed E-state index contributed by atoms with van der Waals surface area (Å²) < 4.78 is 0. The van der Waals surface area contributed by atoms with Gasteiger partial charge in [-0.3, -0.25) is 4.79 Å². The van der Waals surface area contributed by atoms with Crippen molar-refractivity contribution in [2.75, 3.05) is 31.3 Å². The van der Waals surface area contributed by atoms with Crippen molar-refractivity contribution in [1.82, 2.24) is 14.9 Å². The largest absolute Gasteiger partial charge is 0.356 e. The van der Waals surface area contributed by atoms with Crippen LogP contribution in [0.4, 0.5) is 5.82 Å². The molecule has 1 aliphatic carbocycles. The van der Waals surface area contributed by atoms with Gasteiger partial charge in [-0.05, 0) is 38.9 Å². The molecule has 1 aromatic rings. The van der Waals surface area contributed by atoms with Gasteiger partial charge in [-0.1, -0.05) is 18.2 Å². The van der Waals surface area contributed by atoms with Crippen molar-refractivity contribution < 1.29 is 4.79 Å². The van der Waals surface area contributed by atoms with Crippen LogP contribution in [0.2, 0.25) is 0 Å². The number of carbonyl (C=O) groups is 1. The number of hydrogen-bond donors (Lipinski definition) is 0. The average Bonchev–Trinajstić information content (AvgIpc) is 2.52. The summed E-state index contributed by atoms with van der Waals surface area (Å²) in [6.45, 7) is 3.93. The van der Waals surface area contributed by atoms with Crippen molar-refractivity contribution in [2.45, 2.75) is 50.2 Å². The SMILES string of the molecule is CSc1nc(C)cc(N2CCC(N(C)C(=O)C3CCC3)CC2)n1. The summed E-state index contributed by atoms with van der Waals surface area (Å²) in [4.78, 5) is 25.8. The fourth-order valence-corrected chi connectivity index (χ4v) is 3.80. The Hall–Kier alpha value is -1.30. The van der Waals surface area contributed by atoms with E-state index in [-0.39, 0.29) is 0 Å². The molecule has 0 radical (unpaired) electrons. The van der Waals surface area contributed by atoms with Crippen LogP contribution in [0.25, 0.3) is 0 Å². The van der Waals surface area contributed by atoms with E-state index in [1.807, 2.05) is 25.1 Å². The van der Waals surface area contributed by atoms with E-state index >= 15 is 0 Å². The molecule has 3 rings (SSSR count). The predicted octanol–water partition coefficient (Wildman–Crippen LogP) is 2.73. The highest BCUT2D eigenvalue weighted by atomic mass is 32.2. The topological polar surface area (TPSA) is 49.3 Å². The first-order valence-corrected chi connectivity index (χ1v) is 9.72. The number of hydrogen-bond acceptors (Lipinski definition) is 5.